The van der Waals surface area contributed by atoms with E-state index in [0.717, 1.165) is 0 Å². The van der Waals surface area contributed by atoms with Crippen molar-refractivity contribution in [3.63, 3.8) is 0 Å². The van der Waals surface area contributed by atoms with Crippen molar-refractivity contribution in [3.8, 4) is 0 Å². The molecule has 0 amide bonds. The van der Waals surface area contributed by atoms with Crippen LogP contribution in [0.15, 0.2) is 18.2 Å². The van der Waals surface area contributed by atoms with Gasteiger partial charge in [0, 0.05) is 10.0 Å². The minimum Gasteiger partial charge on any atom is -0.479 e. The average molecular weight is 335 g/mol. The third-order valence-electron chi connectivity index (χ3n) is 3.63. The van der Waals surface area contributed by atoms with Gasteiger partial charge in [-0.2, -0.15) is 0 Å². The molecule has 1 atom stereocenters. The Balaban J connectivity index is 3.17. The Morgan fingerprint density at radius 3 is 2.00 bits per heavy atom. The first kappa shape index (κ1) is 17.5. The van der Waals surface area contributed by atoms with Gasteiger partial charge in [0.05, 0.1) is 0 Å². The van der Waals surface area contributed by atoms with Gasteiger partial charge in [-0.15, -0.1) is 0 Å². The van der Waals surface area contributed by atoms with Gasteiger partial charge in [-0.05, 0) is 41.9 Å². The lowest BCUT2D eigenvalue weighted by atomic mass is 10.1. The molecule has 3 nitrogen and oxygen atoms in total. The van der Waals surface area contributed by atoms with E-state index in [1.54, 1.807) is 18.2 Å². The van der Waals surface area contributed by atoms with Gasteiger partial charge in [0.1, 0.15) is 0 Å². The number of carboxylic acids is 1. The lowest BCUT2D eigenvalue weighted by Gasteiger charge is -2.38. The van der Waals surface area contributed by atoms with E-state index in [2.05, 4.69) is 20.8 Å². The predicted octanol–water partition coefficient (Wildman–Crippen LogP) is 5.14. The molecule has 0 aliphatic heterocycles. The SMILES string of the molecule is CC(C)(C)[Si](C)(C)OC(C(=O)O)c1cc(Cl)cc(Cl)c1. The maximum absolute atomic E-state index is 11.5. The molecule has 0 radical (unpaired) electrons. The maximum atomic E-state index is 11.5. The number of aliphatic carboxylic acids is 1. The van der Waals surface area contributed by atoms with E-state index in [-0.39, 0.29) is 5.04 Å². The molecule has 1 rings (SSSR count). The second kappa shape index (κ2) is 6.06. The van der Waals surface area contributed by atoms with Crippen molar-refractivity contribution < 1.29 is 14.3 Å². The Morgan fingerprint density at radius 1 is 1.20 bits per heavy atom. The highest BCUT2D eigenvalue weighted by Gasteiger charge is 2.41. The summed E-state index contributed by atoms with van der Waals surface area (Å²) in [5, 5.41) is 10.2. The molecule has 0 aromatic heterocycles. The van der Waals surface area contributed by atoms with Crippen LogP contribution in [-0.4, -0.2) is 19.4 Å². The van der Waals surface area contributed by atoms with E-state index in [1.807, 2.05) is 13.1 Å². The van der Waals surface area contributed by atoms with Crippen LogP contribution in [-0.2, 0) is 9.22 Å². The van der Waals surface area contributed by atoms with Crippen LogP contribution in [0.25, 0.3) is 0 Å². The van der Waals surface area contributed by atoms with Gasteiger partial charge in [-0.1, -0.05) is 44.0 Å². The molecule has 0 aliphatic carbocycles. The topological polar surface area (TPSA) is 46.5 Å². The Morgan fingerprint density at radius 2 is 1.65 bits per heavy atom. The number of carbonyl (C=O) groups is 1. The van der Waals surface area contributed by atoms with Crippen molar-refractivity contribution in [1.29, 1.82) is 0 Å². The minimum atomic E-state index is -2.22. The van der Waals surface area contributed by atoms with Gasteiger partial charge in [-0.25, -0.2) is 4.79 Å². The minimum absolute atomic E-state index is 0.0803. The van der Waals surface area contributed by atoms with Crippen LogP contribution in [0, 0.1) is 0 Å². The molecule has 0 fully saturated rings. The third-order valence-corrected chi connectivity index (χ3v) is 8.50. The van der Waals surface area contributed by atoms with Gasteiger partial charge in [0.2, 0.25) is 0 Å². The number of hydrogen-bond acceptors (Lipinski definition) is 2. The normalized spacial score (nSPS) is 14.2. The highest BCUT2D eigenvalue weighted by atomic mass is 35.5. The van der Waals surface area contributed by atoms with E-state index in [4.69, 9.17) is 27.6 Å². The molecule has 0 saturated heterocycles. The van der Waals surface area contributed by atoms with Crippen LogP contribution >= 0.6 is 23.2 Å². The average Bonchev–Trinajstić information content (AvgIpc) is 2.22. The molecule has 0 spiro atoms. The summed E-state index contributed by atoms with van der Waals surface area (Å²) in [6.45, 7) is 10.2. The van der Waals surface area contributed by atoms with Crippen molar-refractivity contribution in [2.75, 3.05) is 0 Å². The Bertz CT molecular complexity index is 489. The van der Waals surface area contributed by atoms with E-state index in [1.165, 1.54) is 0 Å². The van der Waals surface area contributed by atoms with Gasteiger partial charge < -0.3 is 9.53 Å². The van der Waals surface area contributed by atoms with Gasteiger partial charge in [0.25, 0.3) is 0 Å². The lowest BCUT2D eigenvalue weighted by Crippen LogP contribution is -2.43. The van der Waals surface area contributed by atoms with Crippen molar-refractivity contribution >= 4 is 37.5 Å². The summed E-state index contributed by atoms with van der Waals surface area (Å²) in [6.07, 6.45) is -1.05. The molecule has 0 saturated carbocycles. The van der Waals surface area contributed by atoms with Gasteiger partial charge >= 0.3 is 5.97 Å². The summed E-state index contributed by atoms with van der Waals surface area (Å²) in [5.74, 6) is -1.03. The smallest absolute Gasteiger partial charge is 0.336 e. The van der Waals surface area contributed by atoms with Gasteiger partial charge in [0.15, 0.2) is 14.4 Å². The summed E-state index contributed by atoms with van der Waals surface area (Å²) >= 11 is 11.9. The van der Waals surface area contributed by atoms with Crippen LogP contribution < -0.4 is 0 Å². The fourth-order valence-corrected chi connectivity index (χ4v) is 3.18. The lowest BCUT2D eigenvalue weighted by molar-refractivity contribution is -0.146. The molecule has 1 unspecified atom stereocenters. The summed E-state index contributed by atoms with van der Waals surface area (Å²) in [4.78, 5) is 11.5. The fraction of sp³-hybridized carbons (Fsp3) is 0.500. The number of rotatable bonds is 4. The quantitative estimate of drug-likeness (QED) is 0.775. The summed E-state index contributed by atoms with van der Waals surface area (Å²) in [5.41, 5.74) is 0.472. The number of carboxylic acid groups (broad SMARTS) is 1. The van der Waals surface area contributed by atoms with Crippen LogP contribution in [0.4, 0.5) is 0 Å². The molecule has 0 heterocycles. The highest BCUT2D eigenvalue weighted by Crippen LogP contribution is 2.40. The van der Waals surface area contributed by atoms with Crippen molar-refractivity contribution in [1.82, 2.24) is 0 Å². The Hall–Kier alpha value is -0.553. The molecule has 1 aromatic rings. The zero-order valence-electron chi connectivity index (χ0n) is 12.3. The van der Waals surface area contributed by atoms with E-state index in [0.29, 0.717) is 15.6 Å². The van der Waals surface area contributed by atoms with Crippen LogP contribution in [0.1, 0.15) is 32.4 Å². The highest BCUT2D eigenvalue weighted by molar-refractivity contribution is 6.74. The third kappa shape index (κ3) is 4.22. The number of benzene rings is 1. The molecule has 0 aliphatic rings. The standard InChI is InChI=1S/C14H20Cl2O3Si/c1-14(2,3)20(4,5)19-12(13(17)18)9-6-10(15)8-11(16)7-9/h6-8,12H,1-5H3,(H,17,18). The fourth-order valence-electron chi connectivity index (χ4n) is 1.46. The van der Waals surface area contributed by atoms with Crippen LogP contribution in [0.5, 0.6) is 0 Å². The van der Waals surface area contributed by atoms with Crippen LogP contribution in [0.2, 0.25) is 28.2 Å². The second-order valence-corrected chi connectivity index (χ2v) is 11.9. The van der Waals surface area contributed by atoms with Crippen molar-refractivity contribution in [2.24, 2.45) is 0 Å². The summed E-state index contributed by atoms with van der Waals surface area (Å²) < 4.78 is 5.98. The Labute approximate surface area is 131 Å². The molecule has 6 heteroatoms. The second-order valence-electron chi connectivity index (χ2n) is 6.30. The van der Waals surface area contributed by atoms with Crippen molar-refractivity contribution in [3.05, 3.63) is 33.8 Å². The Kier molecular flexibility index (Phi) is 5.30. The van der Waals surface area contributed by atoms with E-state index < -0.39 is 20.4 Å². The van der Waals surface area contributed by atoms with E-state index in [9.17, 15) is 9.90 Å². The largest absolute Gasteiger partial charge is 0.479 e. The van der Waals surface area contributed by atoms with E-state index >= 15 is 0 Å². The summed E-state index contributed by atoms with van der Waals surface area (Å²) in [7, 11) is -2.22. The first-order chi connectivity index (χ1) is 8.94. The monoisotopic (exact) mass is 334 g/mol. The predicted molar refractivity (Wildman–Crippen MR) is 85.1 cm³/mol. The first-order valence-electron chi connectivity index (χ1n) is 6.30. The zero-order chi connectivity index (χ0) is 15.7. The molecular weight excluding hydrogens is 315 g/mol. The molecular formula is C14H20Cl2O3Si. The molecule has 1 N–H and O–H groups in total. The molecule has 112 valence electrons. The van der Waals surface area contributed by atoms with Crippen LogP contribution in [0.3, 0.4) is 0 Å². The first-order valence-corrected chi connectivity index (χ1v) is 9.97. The maximum Gasteiger partial charge on any atom is 0.336 e. The zero-order valence-corrected chi connectivity index (χ0v) is 14.8. The number of hydrogen-bond donors (Lipinski definition) is 1. The van der Waals surface area contributed by atoms with Gasteiger partial charge in [-0.3, -0.25) is 0 Å². The van der Waals surface area contributed by atoms with Crippen molar-refractivity contribution in [2.45, 2.75) is 45.0 Å². The molecule has 0 bridgehead atoms. The molecule has 1 aromatic carbocycles. The molecule has 20 heavy (non-hydrogen) atoms. The number of halogens is 2. The summed E-state index contributed by atoms with van der Waals surface area (Å²) in [6, 6.07) is 4.73.